The van der Waals surface area contributed by atoms with Gasteiger partial charge in [0.1, 0.15) is 0 Å². The molecule has 0 atom stereocenters. The van der Waals surface area contributed by atoms with E-state index >= 15 is 0 Å². The molecule has 3 amide bonds. The molecule has 310 valence electrons. The first kappa shape index (κ1) is 48.9. The van der Waals surface area contributed by atoms with Crippen molar-refractivity contribution in [3.05, 3.63) is 12.2 Å². The van der Waals surface area contributed by atoms with E-state index in [1.165, 1.54) is 17.1 Å². The summed E-state index contributed by atoms with van der Waals surface area (Å²) in [4.78, 5) is 36.1. The van der Waals surface area contributed by atoms with Crippen LogP contribution in [0.1, 0.15) is 32.1 Å². The zero-order chi connectivity index (χ0) is 38.1. The summed E-state index contributed by atoms with van der Waals surface area (Å²) in [6, 6.07) is 0. The van der Waals surface area contributed by atoms with E-state index in [-0.39, 0.29) is 17.7 Å². The first-order valence-electron chi connectivity index (χ1n) is 18.8. The van der Waals surface area contributed by atoms with Crippen molar-refractivity contribution in [2.75, 3.05) is 172 Å². The van der Waals surface area contributed by atoms with Gasteiger partial charge in [-0.3, -0.25) is 19.3 Å². The second-order valence-corrected chi connectivity index (χ2v) is 11.4. The lowest BCUT2D eigenvalue weighted by molar-refractivity contribution is -0.136. The van der Waals surface area contributed by atoms with Crippen molar-refractivity contribution >= 4 is 17.7 Å². The summed E-state index contributed by atoms with van der Waals surface area (Å²) in [5.74, 6) is -0.512. The molecule has 0 aromatic carbocycles. The van der Waals surface area contributed by atoms with Crippen LogP contribution in [0.2, 0.25) is 0 Å². The highest BCUT2D eigenvalue weighted by Crippen LogP contribution is 2.08. The van der Waals surface area contributed by atoms with Crippen LogP contribution in [0.4, 0.5) is 0 Å². The Morgan fingerprint density at radius 1 is 0.453 bits per heavy atom. The number of nitrogens with one attached hydrogen (secondary N) is 1. The first-order valence-corrected chi connectivity index (χ1v) is 18.8. The van der Waals surface area contributed by atoms with Crippen LogP contribution in [0.3, 0.4) is 0 Å². The number of imide groups is 1. The maximum Gasteiger partial charge on any atom is 0.253 e. The van der Waals surface area contributed by atoms with E-state index in [9.17, 15) is 14.4 Å². The van der Waals surface area contributed by atoms with Crippen LogP contribution in [-0.4, -0.2) is 195 Å². The van der Waals surface area contributed by atoms with Gasteiger partial charge in [-0.1, -0.05) is 12.8 Å². The van der Waals surface area contributed by atoms with Crippen LogP contribution < -0.4 is 5.32 Å². The number of methoxy groups -OCH3 is 1. The second-order valence-electron chi connectivity index (χ2n) is 11.4. The summed E-state index contributed by atoms with van der Waals surface area (Å²) in [6.07, 6.45) is 6.27. The Balaban J connectivity index is 1.64. The number of hydrogen-bond donors (Lipinski definition) is 1. The van der Waals surface area contributed by atoms with Crippen LogP contribution in [-0.2, 0) is 71.2 Å². The third kappa shape index (κ3) is 34.1. The van der Waals surface area contributed by atoms with Crippen molar-refractivity contribution in [3.8, 4) is 0 Å². The van der Waals surface area contributed by atoms with Crippen LogP contribution in [0.5, 0.6) is 0 Å². The van der Waals surface area contributed by atoms with Gasteiger partial charge in [0.2, 0.25) is 5.91 Å². The quantitative estimate of drug-likeness (QED) is 0.0681. The predicted octanol–water partition coefficient (Wildman–Crippen LogP) is 0.807. The molecule has 0 spiro atoms. The zero-order valence-corrected chi connectivity index (χ0v) is 31.9. The summed E-state index contributed by atoms with van der Waals surface area (Å²) in [5.41, 5.74) is 0. The van der Waals surface area contributed by atoms with Crippen molar-refractivity contribution in [1.29, 1.82) is 0 Å². The molecule has 0 aromatic heterocycles. The Bertz CT molecular complexity index is 866. The van der Waals surface area contributed by atoms with E-state index in [2.05, 4.69) is 5.32 Å². The van der Waals surface area contributed by atoms with Gasteiger partial charge in [0.25, 0.3) is 11.8 Å². The van der Waals surface area contributed by atoms with Gasteiger partial charge in [-0.05, 0) is 12.8 Å². The van der Waals surface area contributed by atoms with Gasteiger partial charge in [0.15, 0.2) is 0 Å². The molecular formula is C36H66N2O15. The Morgan fingerprint density at radius 3 is 1.09 bits per heavy atom. The van der Waals surface area contributed by atoms with Crippen molar-refractivity contribution in [2.45, 2.75) is 32.1 Å². The lowest BCUT2D eigenvalue weighted by atomic mass is 10.1. The largest absolute Gasteiger partial charge is 0.382 e. The molecule has 0 fully saturated rings. The number of ether oxygens (including phenoxy) is 12. The molecule has 0 bridgehead atoms. The summed E-state index contributed by atoms with van der Waals surface area (Å²) in [7, 11) is 1.64. The topological polar surface area (TPSA) is 177 Å². The number of hydrogen-bond acceptors (Lipinski definition) is 15. The third-order valence-corrected chi connectivity index (χ3v) is 7.16. The standard InChI is InChI=1S/C36H66N2O15/c1-42-12-13-44-16-17-46-20-21-48-24-25-50-28-29-52-32-33-53-31-30-51-27-26-49-23-22-47-19-18-45-15-14-43-11-9-37-34(39)6-4-2-3-5-10-38-35(40)7-8-36(38)41/h7-8H,2-6,9-33H2,1H3,(H,37,39). The van der Waals surface area contributed by atoms with E-state index in [1.54, 1.807) is 7.11 Å². The van der Waals surface area contributed by atoms with Crippen LogP contribution in [0, 0.1) is 0 Å². The molecule has 1 N–H and O–H groups in total. The minimum Gasteiger partial charge on any atom is -0.382 e. The molecule has 1 rings (SSSR count). The normalized spacial score (nSPS) is 12.8. The minimum atomic E-state index is -0.251. The Labute approximate surface area is 315 Å². The molecule has 17 heteroatoms. The molecule has 53 heavy (non-hydrogen) atoms. The average Bonchev–Trinajstić information content (AvgIpc) is 3.48. The molecular weight excluding hydrogens is 700 g/mol. The molecule has 0 aliphatic carbocycles. The zero-order valence-electron chi connectivity index (χ0n) is 31.9. The molecule has 1 aliphatic rings. The van der Waals surface area contributed by atoms with E-state index in [0.29, 0.717) is 171 Å². The van der Waals surface area contributed by atoms with Crippen LogP contribution >= 0.6 is 0 Å². The van der Waals surface area contributed by atoms with Crippen molar-refractivity contribution in [2.24, 2.45) is 0 Å². The Hall–Kier alpha value is -2.13. The molecule has 0 unspecified atom stereocenters. The predicted molar refractivity (Wildman–Crippen MR) is 193 cm³/mol. The number of nitrogens with zero attached hydrogens (tertiary/aromatic N) is 1. The van der Waals surface area contributed by atoms with Gasteiger partial charge < -0.3 is 62.2 Å². The first-order chi connectivity index (χ1) is 26.1. The second kappa shape index (κ2) is 39.6. The highest BCUT2D eigenvalue weighted by Gasteiger charge is 2.22. The lowest BCUT2D eigenvalue weighted by Gasteiger charge is -2.13. The lowest BCUT2D eigenvalue weighted by Crippen LogP contribution is -2.30. The SMILES string of the molecule is COCCOCCOCCOCCOCCOCCOCCOCCOCCOCCOCCOCCNC(=O)CCCCCCN1C(=O)C=CC1=O. The van der Waals surface area contributed by atoms with Crippen molar-refractivity contribution < 1.29 is 71.2 Å². The van der Waals surface area contributed by atoms with Crippen LogP contribution in [0.15, 0.2) is 12.2 Å². The number of amides is 3. The number of carbonyl (C=O) groups excluding carboxylic acids is 3. The minimum absolute atomic E-state index is 0.0110. The Kier molecular flexibility index (Phi) is 36.5. The highest BCUT2D eigenvalue weighted by molar-refractivity contribution is 6.12. The number of carbonyl (C=O) groups is 3. The molecule has 1 heterocycles. The fraction of sp³-hybridized carbons (Fsp3) is 0.861. The highest BCUT2D eigenvalue weighted by atomic mass is 16.6. The summed E-state index contributed by atoms with van der Waals surface area (Å²) < 4.78 is 64.8. The molecule has 17 nitrogen and oxygen atoms in total. The fourth-order valence-corrected chi connectivity index (χ4v) is 4.36. The summed E-state index contributed by atoms with van der Waals surface area (Å²) in [6.45, 7) is 12.3. The monoisotopic (exact) mass is 766 g/mol. The van der Waals surface area contributed by atoms with Gasteiger partial charge in [-0.25, -0.2) is 0 Å². The van der Waals surface area contributed by atoms with Gasteiger partial charge in [0.05, 0.1) is 152 Å². The van der Waals surface area contributed by atoms with Gasteiger partial charge >= 0.3 is 0 Å². The van der Waals surface area contributed by atoms with Crippen molar-refractivity contribution in [3.63, 3.8) is 0 Å². The van der Waals surface area contributed by atoms with E-state index < -0.39 is 0 Å². The van der Waals surface area contributed by atoms with Crippen molar-refractivity contribution in [1.82, 2.24) is 10.2 Å². The van der Waals surface area contributed by atoms with Gasteiger partial charge in [0, 0.05) is 38.8 Å². The van der Waals surface area contributed by atoms with E-state index in [4.69, 9.17) is 56.8 Å². The van der Waals surface area contributed by atoms with E-state index in [0.717, 1.165) is 25.7 Å². The molecule has 0 aromatic rings. The molecule has 0 radical (unpaired) electrons. The maximum absolute atomic E-state index is 11.9. The summed E-state index contributed by atoms with van der Waals surface area (Å²) in [5, 5.41) is 2.83. The van der Waals surface area contributed by atoms with Crippen LogP contribution in [0.25, 0.3) is 0 Å². The average molecular weight is 767 g/mol. The van der Waals surface area contributed by atoms with Gasteiger partial charge in [-0.2, -0.15) is 0 Å². The maximum atomic E-state index is 11.9. The molecule has 1 aliphatic heterocycles. The third-order valence-electron chi connectivity index (χ3n) is 7.16. The number of rotatable bonds is 43. The molecule has 0 saturated carbocycles. The van der Waals surface area contributed by atoms with Gasteiger partial charge in [-0.15, -0.1) is 0 Å². The fourth-order valence-electron chi connectivity index (χ4n) is 4.36. The molecule has 0 saturated heterocycles. The van der Waals surface area contributed by atoms with E-state index in [1.807, 2.05) is 0 Å². The number of unbranched alkanes of at least 4 members (excludes halogenated alkanes) is 3. The Morgan fingerprint density at radius 2 is 0.755 bits per heavy atom. The smallest absolute Gasteiger partial charge is 0.253 e. The summed E-state index contributed by atoms with van der Waals surface area (Å²) >= 11 is 0.